The van der Waals surface area contributed by atoms with E-state index >= 15 is 0 Å². The fourth-order valence-electron chi connectivity index (χ4n) is 12.1. The molecule has 0 radical (unpaired) electrons. The molecule has 2 heterocycles. The fraction of sp³-hybridized carbons (Fsp3) is 0.952. The summed E-state index contributed by atoms with van der Waals surface area (Å²) in [6.07, 6.45) is 5.40. The van der Waals surface area contributed by atoms with Gasteiger partial charge in [-0.1, -0.05) is 0 Å². The second-order valence-electron chi connectivity index (χ2n) is 10.9. The lowest BCUT2D eigenvalue weighted by atomic mass is 9.52. The van der Waals surface area contributed by atoms with Crippen LogP contribution in [0.4, 0.5) is 0 Å². The van der Waals surface area contributed by atoms with Crippen LogP contribution in [0.2, 0.25) is 0 Å². The molecule has 15 atom stereocenters. The molecule has 0 aromatic rings. The van der Waals surface area contributed by atoms with E-state index in [2.05, 4.69) is 0 Å². The Balaban J connectivity index is 1.45. The summed E-state index contributed by atoms with van der Waals surface area (Å²) in [7, 11) is 1.84. The third-order valence-corrected chi connectivity index (χ3v) is 11.5. The average molecular weight is 340 g/mol. The normalized spacial score (nSPS) is 79.1. The van der Waals surface area contributed by atoms with Gasteiger partial charge in [-0.3, -0.25) is 4.79 Å². The summed E-state index contributed by atoms with van der Waals surface area (Å²) in [5, 5.41) is 0. The molecule has 1 spiro atoms. The van der Waals surface area contributed by atoms with Gasteiger partial charge in [0.2, 0.25) is 0 Å². The zero-order valence-electron chi connectivity index (χ0n) is 14.5. The van der Waals surface area contributed by atoms with Gasteiger partial charge in [0.25, 0.3) is 0 Å². The van der Waals surface area contributed by atoms with Gasteiger partial charge < -0.3 is 14.2 Å². The molecular formula is C21H24O4. The third kappa shape index (κ3) is 0.818. The number of hydrogen-bond acceptors (Lipinski definition) is 4. The SMILES string of the molecule is CO[C@@]12O[C@@H]3CC[C@@H]4[C@@H]3[C@H]3[C@H]5[C@H]6[C@@H]([C@@H]7CC[C@@H]8OC(=O)[C@]1([C@H]6[C@H]78)[C@@H]45)[C@H]32. The van der Waals surface area contributed by atoms with Gasteiger partial charge in [0.05, 0.1) is 6.10 Å². The predicted molar refractivity (Wildman–Crippen MR) is 83.8 cm³/mol. The summed E-state index contributed by atoms with van der Waals surface area (Å²) in [5.74, 6) is 6.89. The molecule has 0 unspecified atom stereocenters. The van der Waals surface area contributed by atoms with Crippen molar-refractivity contribution >= 4 is 5.97 Å². The Hall–Kier alpha value is -0.610. The highest BCUT2D eigenvalue weighted by Gasteiger charge is 2.98. The number of carbonyl (C=O) groups excluding carboxylic acids is 1. The van der Waals surface area contributed by atoms with E-state index in [-0.39, 0.29) is 12.1 Å². The molecule has 4 heteroatoms. The molecule has 10 rings (SSSR count). The quantitative estimate of drug-likeness (QED) is 0.686. The van der Waals surface area contributed by atoms with Crippen molar-refractivity contribution in [1.82, 2.24) is 0 Å². The van der Waals surface area contributed by atoms with E-state index in [1.54, 1.807) is 0 Å². The van der Waals surface area contributed by atoms with E-state index in [1.807, 2.05) is 7.11 Å². The molecule has 9 bridgehead atoms. The number of methoxy groups -OCH3 is 1. The summed E-state index contributed by atoms with van der Waals surface area (Å²) in [4.78, 5) is 13.8. The number of rotatable bonds is 1. The minimum atomic E-state index is -0.649. The van der Waals surface area contributed by atoms with Gasteiger partial charge in [-0.2, -0.15) is 0 Å². The summed E-state index contributed by atoms with van der Waals surface area (Å²) in [6.45, 7) is 0. The Bertz CT molecular complexity index is 780. The molecule has 8 aliphatic carbocycles. The van der Waals surface area contributed by atoms with Crippen LogP contribution in [-0.4, -0.2) is 31.1 Å². The molecule has 0 aromatic heterocycles. The van der Waals surface area contributed by atoms with Crippen molar-refractivity contribution in [1.29, 1.82) is 0 Å². The Morgan fingerprint density at radius 2 is 1.60 bits per heavy atom. The van der Waals surface area contributed by atoms with Gasteiger partial charge in [0, 0.05) is 18.9 Å². The second-order valence-corrected chi connectivity index (χ2v) is 10.9. The highest BCUT2D eigenvalue weighted by Crippen LogP contribution is 2.93. The van der Waals surface area contributed by atoms with E-state index < -0.39 is 11.2 Å². The van der Waals surface area contributed by atoms with Crippen LogP contribution in [0.25, 0.3) is 0 Å². The van der Waals surface area contributed by atoms with Gasteiger partial charge in [0.1, 0.15) is 11.5 Å². The molecule has 2 aliphatic heterocycles. The summed E-state index contributed by atoms with van der Waals surface area (Å²) in [5.41, 5.74) is -0.455. The minimum Gasteiger partial charge on any atom is -0.461 e. The van der Waals surface area contributed by atoms with Gasteiger partial charge >= 0.3 is 5.97 Å². The first-order valence-electron chi connectivity index (χ1n) is 10.7. The van der Waals surface area contributed by atoms with Crippen molar-refractivity contribution in [3.05, 3.63) is 0 Å². The number of ether oxygens (including phenoxy) is 3. The maximum absolute atomic E-state index is 13.8. The van der Waals surface area contributed by atoms with Gasteiger partial charge in [-0.15, -0.1) is 0 Å². The lowest BCUT2D eigenvalue weighted by Gasteiger charge is -2.62. The van der Waals surface area contributed by atoms with E-state index in [0.717, 1.165) is 41.9 Å². The number of hydrogen-bond donors (Lipinski definition) is 0. The maximum Gasteiger partial charge on any atom is 0.318 e. The number of esters is 1. The predicted octanol–water partition coefficient (Wildman–Crippen LogP) is 2.07. The smallest absolute Gasteiger partial charge is 0.318 e. The van der Waals surface area contributed by atoms with Crippen molar-refractivity contribution in [3.63, 3.8) is 0 Å². The van der Waals surface area contributed by atoms with Crippen LogP contribution < -0.4 is 0 Å². The second kappa shape index (κ2) is 3.22. The van der Waals surface area contributed by atoms with E-state index in [4.69, 9.17) is 14.2 Å². The zero-order chi connectivity index (χ0) is 16.0. The molecule has 0 N–H and O–H groups in total. The molecule has 10 fully saturated rings. The highest BCUT2D eigenvalue weighted by atomic mass is 16.7. The third-order valence-electron chi connectivity index (χ3n) is 11.5. The molecule has 8 saturated carbocycles. The molecule has 4 nitrogen and oxygen atoms in total. The van der Waals surface area contributed by atoms with Gasteiger partial charge in [0.15, 0.2) is 5.79 Å². The average Bonchev–Trinajstić information content (AvgIpc) is 3.34. The van der Waals surface area contributed by atoms with Gasteiger partial charge in [-0.05, 0) is 78.9 Å². The molecule has 25 heavy (non-hydrogen) atoms. The van der Waals surface area contributed by atoms with E-state index in [9.17, 15) is 4.79 Å². The van der Waals surface area contributed by atoms with Crippen LogP contribution in [0.1, 0.15) is 25.7 Å². The summed E-state index contributed by atoms with van der Waals surface area (Å²) >= 11 is 0. The van der Waals surface area contributed by atoms with Crippen molar-refractivity contribution in [2.24, 2.45) is 70.5 Å². The fourth-order valence-corrected chi connectivity index (χ4v) is 12.1. The van der Waals surface area contributed by atoms with E-state index in [0.29, 0.717) is 35.7 Å². The van der Waals surface area contributed by atoms with Crippen molar-refractivity contribution in [2.45, 2.75) is 43.7 Å². The van der Waals surface area contributed by atoms with Gasteiger partial charge in [-0.25, -0.2) is 0 Å². The van der Waals surface area contributed by atoms with Crippen LogP contribution in [0.5, 0.6) is 0 Å². The van der Waals surface area contributed by atoms with Crippen LogP contribution >= 0.6 is 0 Å². The van der Waals surface area contributed by atoms with Crippen molar-refractivity contribution in [2.75, 3.05) is 7.11 Å². The Morgan fingerprint density at radius 1 is 0.840 bits per heavy atom. The lowest BCUT2D eigenvalue weighted by molar-refractivity contribution is -0.389. The topological polar surface area (TPSA) is 44.8 Å². The standard InChI is InChI=1S/C21H24O4/c1-23-21-18-12-6-2-4-8-11(6)17-14(12)15-13(18)10-7(3-5-9(10)25-21)16(15)20(17,21)19(22)24-8/h6-18H,2-5H2,1H3/t6-,7-,8+,9-,10+,11-,12-,13+,14-,15+,16+,17+,18-,20-,21+/m1/s1. The number of carbonyl (C=O) groups is 1. The zero-order valence-corrected chi connectivity index (χ0v) is 14.5. The Morgan fingerprint density at radius 3 is 2.48 bits per heavy atom. The van der Waals surface area contributed by atoms with Crippen molar-refractivity contribution in [3.8, 4) is 0 Å². The van der Waals surface area contributed by atoms with Crippen molar-refractivity contribution < 1.29 is 19.0 Å². The summed E-state index contributed by atoms with van der Waals surface area (Å²) in [6, 6.07) is 0. The molecular weight excluding hydrogens is 316 g/mol. The van der Waals surface area contributed by atoms with Crippen LogP contribution in [0.3, 0.4) is 0 Å². The maximum atomic E-state index is 13.8. The van der Waals surface area contributed by atoms with Crippen LogP contribution in [-0.2, 0) is 19.0 Å². The van der Waals surface area contributed by atoms with Crippen LogP contribution in [0.15, 0.2) is 0 Å². The molecule has 10 aliphatic rings. The minimum absolute atomic E-state index is 0.0933. The largest absolute Gasteiger partial charge is 0.461 e. The first-order chi connectivity index (χ1) is 12.3. The Kier molecular flexibility index (Phi) is 1.64. The van der Waals surface area contributed by atoms with Crippen LogP contribution in [0, 0.1) is 70.5 Å². The molecule has 2 saturated heterocycles. The van der Waals surface area contributed by atoms with E-state index in [1.165, 1.54) is 19.3 Å². The lowest BCUT2D eigenvalue weighted by Crippen LogP contribution is -2.73. The summed E-state index contributed by atoms with van der Waals surface area (Å²) < 4.78 is 19.6. The first kappa shape index (κ1) is 12.7. The molecule has 0 amide bonds. The monoisotopic (exact) mass is 340 g/mol. The molecule has 132 valence electrons. The molecule has 0 aromatic carbocycles. The highest BCUT2D eigenvalue weighted by molar-refractivity contribution is 5.83. The Labute approximate surface area is 146 Å². The first-order valence-corrected chi connectivity index (χ1v) is 10.7.